The highest BCUT2D eigenvalue weighted by Gasteiger charge is 2.33. The van der Waals surface area contributed by atoms with Crippen molar-refractivity contribution in [3.63, 3.8) is 0 Å². The summed E-state index contributed by atoms with van der Waals surface area (Å²) in [6.45, 7) is 6.75. The molecule has 0 aliphatic carbocycles. The van der Waals surface area contributed by atoms with Gasteiger partial charge in [0.1, 0.15) is 11.4 Å². The van der Waals surface area contributed by atoms with Crippen LogP contribution in [0.2, 0.25) is 0 Å². The van der Waals surface area contributed by atoms with Crippen molar-refractivity contribution >= 4 is 5.97 Å². The number of carbonyl (C=O) groups excluding carboxylic acids is 1. The van der Waals surface area contributed by atoms with E-state index in [0.717, 1.165) is 44.5 Å². The number of rotatable bonds is 8. The van der Waals surface area contributed by atoms with Crippen molar-refractivity contribution in [2.45, 2.75) is 51.6 Å². The maximum atomic E-state index is 12.1. The summed E-state index contributed by atoms with van der Waals surface area (Å²) in [5.41, 5.74) is -0.361. The van der Waals surface area contributed by atoms with Gasteiger partial charge >= 0.3 is 5.97 Å². The minimum absolute atomic E-state index is 0.0896. The van der Waals surface area contributed by atoms with Gasteiger partial charge in [-0.2, -0.15) is 0 Å². The molecule has 128 valence electrons. The Kier molecular flexibility index (Phi) is 6.90. The third kappa shape index (κ3) is 6.22. The zero-order chi connectivity index (χ0) is 16.5. The summed E-state index contributed by atoms with van der Waals surface area (Å²) in [6.07, 6.45) is 4.27. The number of unbranched alkanes of at least 4 members (excludes halogenated alkanes) is 1. The smallest absolute Gasteiger partial charge is 0.306 e. The summed E-state index contributed by atoms with van der Waals surface area (Å²) in [4.78, 5) is 12.1. The van der Waals surface area contributed by atoms with Crippen LogP contribution in [0.3, 0.4) is 0 Å². The highest BCUT2D eigenvalue weighted by molar-refractivity contribution is 5.69. The molecule has 0 aromatic heterocycles. The lowest BCUT2D eigenvalue weighted by Gasteiger charge is -2.36. The van der Waals surface area contributed by atoms with Gasteiger partial charge in [0.25, 0.3) is 0 Å². The van der Waals surface area contributed by atoms with Crippen LogP contribution in [0.4, 0.5) is 0 Å². The molecule has 1 N–H and O–H groups in total. The topological polar surface area (TPSA) is 47.6 Å². The van der Waals surface area contributed by atoms with Crippen LogP contribution in [-0.2, 0) is 9.53 Å². The van der Waals surface area contributed by atoms with E-state index < -0.39 is 0 Å². The van der Waals surface area contributed by atoms with Gasteiger partial charge in [0.15, 0.2) is 0 Å². The Labute approximate surface area is 139 Å². The van der Waals surface area contributed by atoms with Gasteiger partial charge in [0, 0.05) is 12.3 Å². The van der Waals surface area contributed by atoms with Gasteiger partial charge < -0.3 is 14.8 Å². The molecule has 0 spiro atoms. The van der Waals surface area contributed by atoms with Gasteiger partial charge in [-0.15, -0.1) is 0 Å². The zero-order valence-corrected chi connectivity index (χ0v) is 14.3. The van der Waals surface area contributed by atoms with Crippen molar-refractivity contribution in [3.05, 3.63) is 30.3 Å². The van der Waals surface area contributed by atoms with Gasteiger partial charge in [-0.1, -0.05) is 18.2 Å². The first-order valence-electron chi connectivity index (χ1n) is 8.68. The second kappa shape index (κ2) is 8.92. The van der Waals surface area contributed by atoms with E-state index in [9.17, 15) is 4.79 Å². The lowest BCUT2D eigenvalue weighted by atomic mass is 9.83. The Morgan fingerprint density at radius 2 is 1.87 bits per heavy atom. The van der Waals surface area contributed by atoms with Crippen LogP contribution >= 0.6 is 0 Å². The Hall–Kier alpha value is -1.55. The summed E-state index contributed by atoms with van der Waals surface area (Å²) in [7, 11) is 0. The predicted octanol–water partition coefficient (Wildman–Crippen LogP) is 3.56. The first kappa shape index (κ1) is 17.8. The molecule has 1 aromatic rings. The molecule has 1 saturated heterocycles. The van der Waals surface area contributed by atoms with Crippen molar-refractivity contribution in [2.24, 2.45) is 5.92 Å². The maximum absolute atomic E-state index is 12.1. The van der Waals surface area contributed by atoms with Gasteiger partial charge in [-0.25, -0.2) is 0 Å². The molecule has 1 aliphatic heterocycles. The van der Waals surface area contributed by atoms with E-state index in [0.29, 0.717) is 18.9 Å². The molecule has 1 aromatic carbocycles. The second-order valence-electron chi connectivity index (χ2n) is 6.72. The van der Waals surface area contributed by atoms with Crippen molar-refractivity contribution < 1.29 is 14.3 Å². The van der Waals surface area contributed by atoms with Gasteiger partial charge in [-0.3, -0.25) is 4.79 Å². The molecule has 1 heterocycles. The first-order chi connectivity index (χ1) is 11.1. The van der Waals surface area contributed by atoms with Gasteiger partial charge in [-0.05, 0) is 64.8 Å². The first-order valence-corrected chi connectivity index (χ1v) is 8.68. The van der Waals surface area contributed by atoms with Crippen LogP contribution in [0.25, 0.3) is 0 Å². The number of carbonyl (C=O) groups is 1. The Morgan fingerprint density at radius 1 is 1.17 bits per heavy atom. The molecule has 0 bridgehead atoms. The molecular formula is C19H29NO3. The number of para-hydroxylation sites is 1. The molecule has 0 radical (unpaired) electrons. The summed E-state index contributed by atoms with van der Waals surface area (Å²) < 4.78 is 11.4. The van der Waals surface area contributed by atoms with E-state index in [-0.39, 0.29) is 11.6 Å². The highest BCUT2D eigenvalue weighted by atomic mass is 16.6. The molecule has 4 heteroatoms. The van der Waals surface area contributed by atoms with E-state index in [1.54, 1.807) is 0 Å². The molecule has 4 nitrogen and oxygen atoms in total. The van der Waals surface area contributed by atoms with Crippen molar-refractivity contribution in [3.8, 4) is 5.75 Å². The standard InChI is InChI=1S/C19H29NO3/c1-19(2,16-11-13-20-14-12-16)23-18(21)10-6-7-15-22-17-8-4-3-5-9-17/h3-5,8-9,16,20H,6-7,10-15H2,1-2H3. The quantitative estimate of drug-likeness (QED) is 0.588. The Bertz CT molecular complexity index is 467. The van der Waals surface area contributed by atoms with Crippen molar-refractivity contribution in [1.82, 2.24) is 5.32 Å². The summed E-state index contributed by atoms with van der Waals surface area (Å²) in [5, 5.41) is 3.35. The van der Waals surface area contributed by atoms with Gasteiger partial charge in [0.05, 0.1) is 6.61 Å². The lowest BCUT2D eigenvalue weighted by Crippen LogP contribution is -2.42. The minimum Gasteiger partial charge on any atom is -0.494 e. The predicted molar refractivity (Wildman–Crippen MR) is 91.6 cm³/mol. The molecule has 23 heavy (non-hydrogen) atoms. The minimum atomic E-state index is -0.361. The third-order valence-corrected chi connectivity index (χ3v) is 4.49. The average molecular weight is 319 g/mol. The molecule has 1 aliphatic rings. The fourth-order valence-corrected chi connectivity index (χ4v) is 3.02. The Morgan fingerprint density at radius 3 is 2.57 bits per heavy atom. The van der Waals surface area contributed by atoms with Crippen LogP contribution in [0.5, 0.6) is 5.75 Å². The SMILES string of the molecule is CC(C)(OC(=O)CCCCOc1ccccc1)C1CCNCC1. The van der Waals surface area contributed by atoms with Crippen LogP contribution in [0, 0.1) is 5.92 Å². The Balaban J connectivity index is 1.60. The zero-order valence-electron chi connectivity index (χ0n) is 14.3. The number of nitrogens with one attached hydrogen (secondary N) is 1. The molecule has 2 rings (SSSR count). The fourth-order valence-electron chi connectivity index (χ4n) is 3.02. The van der Waals surface area contributed by atoms with Crippen LogP contribution < -0.4 is 10.1 Å². The molecule has 0 unspecified atom stereocenters. The lowest BCUT2D eigenvalue weighted by molar-refractivity contribution is -0.162. The summed E-state index contributed by atoms with van der Waals surface area (Å²) in [5.74, 6) is 1.24. The van der Waals surface area contributed by atoms with E-state index >= 15 is 0 Å². The maximum Gasteiger partial charge on any atom is 0.306 e. The molecule has 1 fully saturated rings. The van der Waals surface area contributed by atoms with Crippen LogP contribution in [-0.4, -0.2) is 31.3 Å². The molecular weight excluding hydrogens is 290 g/mol. The highest BCUT2D eigenvalue weighted by Crippen LogP contribution is 2.29. The number of benzene rings is 1. The molecule has 0 atom stereocenters. The number of hydrogen-bond acceptors (Lipinski definition) is 4. The summed E-state index contributed by atoms with van der Waals surface area (Å²) in [6, 6.07) is 9.75. The number of hydrogen-bond donors (Lipinski definition) is 1. The second-order valence-corrected chi connectivity index (χ2v) is 6.72. The van der Waals surface area contributed by atoms with Crippen LogP contribution in [0.1, 0.15) is 46.0 Å². The van der Waals surface area contributed by atoms with Crippen molar-refractivity contribution in [1.29, 1.82) is 0 Å². The van der Waals surface area contributed by atoms with E-state index in [1.165, 1.54) is 0 Å². The molecule has 0 saturated carbocycles. The summed E-state index contributed by atoms with van der Waals surface area (Å²) >= 11 is 0. The largest absolute Gasteiger partial charge is 0.494 e. The number of esters is 1. The average Bonchev–Trinajstić information content (AvgIpc) is 2.56. The fraction of sp³-hybridized carbons (Fsp3) is 0.632. The van der Waals surface area contributed by atoms with E-state index in [1.807, 2.05) is 44.2 Å². The number of ether oxygens (including phenoxy) is 2. The normalized spacial score (nSPS) is 16.1. The molecule has 0 amide bonds. The van der Waals surface area contributed by atoms with E-state index in [2.05, 4.69) is 5.32 Å². The van der Waals surface area contributed by atoms with E-state index in [4.69, 9.17) is 9.47 Å². The monoisotopic (exact) mass is 319 g/mol. The van der Waals surface area contributed by atoms with Crippen LogP contribution in [0.15, 0.2) is 30.3 Å². The van der Waals surface area contributed by atoms with Crippen molar-refractivity contribution in [2.75, 3.05) is 19.7 Å². The van der Waals surface area contributed by atoms with Gasteiger partial charge in [0.2, 0.25) is 0 Å². The number of piperidine rings is 1. The third-order valence-electron chi connectivity index (χ3n) is 4.49.